The minimum absolute atomic E-state index is 0. The molecule has 8 aromatic heterocycles. The van der Waals surface area contributed by atoms with Crippen LogP contribution in [-0.2, 0) is 0 Å². The zero-order chi connectivity index (χ0) is 63.4. The molecule has 0 fully saturated rings. The van der Waals surface area contributed by atoms with Crippen molar-refractivity contribution in [3.05, 3.63) is 284 Å². The van der Waals surface area contributed by atoms with E-state index >= 15 is 0 Å². The Bertz CT molecular complexity index is 6900. The predicted molar refractivity (Wildman–Crippen MR) is 412 cm³/mol. The zero-order valence-corrected chi connectivity index (χ0v) is 54.5. The predicted octanol–water partition coefficient (Wildman–Crippen LogP) is 23.3. The summed E-state index contributed by atoms with van der Waals surface area (Å²) in [5.41, 5.74) is 16.7. The Labute approximate surface area is 570 Å². The first kappa shape index (κ1) is 57.3. The molecule has 22 rings (SSSR count). The molecule has 0 bridgehead atoms. The summed E-state index contributed by atoms with van der Waals surface area (Å²) in [6.45, 7) is 0. The van der Waals surface area contributed by atoms with E-state index in [0.29, 0.717) is 5.46 Å². The number of aromatic nitrogens is 2. The summed E-state index contributed by atoms with van der Waals surface area (Å²) in [5.74, 6) is 0. The Morgan fingerprint density at radius 1 is 0.289 bits per heavy atom. The van der Waals surface area contributed by atoms with Gasteiger partial charge in [0, 0.05) is 143 Å². The molecule has 0 aliphatic carbocycles. The molecule has 8 nitrogen and oxygen atoms in total. The molecule has 14 aromatic carbocycles. The van der Waals surface area contributed by atoms with E-state index in [4.69, 9.17) is 17.7 Å². The van der Waals surface area contributed by atoms with E-state index in [0.717, 1.165) is 119 Å². The Morgan fingerprint density at radius 2 is 0.660 bits per heavy atom. The van der Waals surface area contributed by atoms with Crippen LogP contribution in [0.5, 0.6) is 0 Å². The molecule has 2 N–H and O–H groups in total. The molecule has 13 heteroatoms. The van der Waals surface area contributed by atoms with E-state index in [1.807, 2.05) is 59.9 Å². The molecule has 22 aromatic rings. The monoisotopic (exact) mass is 1350 g/mol. The standard InChI is InChI=1S/C42H23NO2S.C30H16BrNO2.C12H9BO2S.B/c1-4-16-35-25(9-1)26-10-2-5-17-36(26)43(35)24-19-20-37-32(21-24)34-22-33-29-13-7-12-28(41(29)45-39(33)23-38(34)44-37)31-15-8-14-30-27-11-3-6-18-40(27)46-42(30)31;31-24-9-5-8-20-22-15-23-21-14-17(12-13-27(21)33-28(23)16-29(22)34-30(20)24)32-25-10-3-1-6-18(25)19-7-2-4-11-26(19)32;14-13(15)10-6-3-5-9-8-4-1-2-7-11(8)16-12(9)10;/h1-23H;1-16H;1-7,14-15H;. The van der Waals surface area contributed by atoms with Crippen molar-refractivity contribution in [1.29, 1.82) is 0 Å². The van der Waals surface area contributed by atoms with Gasteiger partial charge >= 0.3 is 7.12 Å². The number of hydrogen-bond donors (Lipinski definition) is 2. The van der Waals surface area contributed by atoms with Crippen LogP contribution in [0, 0.1) is 0 Å². The number of thiophene rings is 2. The van der Waals surface area contributed by atoms with Crippen LogP contribution in [0.2, 0.25) is 0 Å². The van der Waals surface area contributed by atoms with E-state index in [1.165, 1.54) is 79.4 Å². The van der Waals surface area contributed by atoms with Crippen molar-refractivity contribution in [2.24, 2.45) is 0 Å². The molecule has 0 amide bonds. The Morgan fingerprint density at radius 3 is 1.18 bits per heavy atom. The van der Waals surface area contributed by atoms with Crippen LogP contribution in [0.4, 0.5) is 0 Å². The Balaban J connectivity index is 0.000000113. The highest BCUT2D eigenvalue weighted by Crippen LogP contribution is 2.47. The zero-order valence-electron chi connectivity index (χ0n) is 51.3. The lowest BCUT2D eigenvalue weighted by molar-refractivity contribution is 0.426. The Hall–Kier alpha value is -11.2. The Kier molecular flexibility index (Phi) is 13.1. The van der Waals surface area contributed by atoms with Gasteiger partial charge < -0.3 is 36.9 Å². The van der Waals surface area contributed by atoms with Crippen LogP contribution in [-0.4, -0.2) is 34.7 Å². The second kappa shape index (κ2) is 22.2. The van der Waals surface area contributed by atoms with Gasteiger partial charge in [0.25, 0.3) is 0 Å². The number of benzene rings is 14. The van der Waals surface area contributed by atoms with E-state index in [-0.39, 0.29) is 8.41 Å². The van der Waals surface area contributed by atoms with Crippen molar-refractivity contribution in [3.8, 4) is 22.5 Å². The topological polar surface area (TPSA) is 103 Å². The fraction of sp³-hybridized carbons (Fsp3) is 0. The molecule has 455 valence electrons. The first-order valence-electron chi connectivity index (χ1n) is 31.8. The molecule has 8 heterocycles. The van der Waals surface area contributed by atoms with Crippen LogP contribution in [0.15, 0.2) is 301 Å². The van der Waals surface area contributed by atoms with Crippen LogP contribution >= 0.6 is 38.6 Å². The van der Waals surface area contributed by atoms with Gasteiger partial charge in [-0.25, -0.2) is 0 Å². The largest absolute Gasteiger partial charge is 0.489 e. The van der Waals surface area contributed by atoms with Crippen molar-refractivity contribution in [2.75, 3.05) is 0 Å². The second-order valence-electron chi connectivity index (χ2n) is 24.5. The number of furan rings is 4. The molecule has 0 saturated carbocycles. The second-order valence-corrected chi connectivity index (χ2v) is 27.4. The first-order valence-corrected chi connectivity index (χ1v) is 34.2. The molecule has 0 aliphatic rings. The van der Waals surface area contributed by atoms with Crippen molar-refractivity contribution in [2.45, 2.75) is 0 Å². The highest BCUT2D eigenvalue weighted by Gasteiger charge is 2.23. The maximum Gasteiger partial charge on any atom is 0.489 e. The third kappa shape index (κ3) is 8.83. The molecule has 0 spiro atoms. The van der Waals surface area contributed by atoms with Crippen molar-refractivity contribution in [3.63, 3.8) is 0 Å². The maximum absolute atomic E-state index is 9.31. The lowest BCUT2D eigenvalue weighted by Gasteiger charge is -2.08. The average Bonchev–Trinajstić information content (AvgIpc) is 1.61. The molecular weight excluding hydrogens is 1300 g/mol. The highest BCUT2D eigenvalue weighted by atomic mass is 79.9. The lowest BCUT2D eigenvalue weighted by atomic mass is 9.80. The van der Waals surface area contributed by atoms with Crippen molar-refractivity contribution < 1.29 is 27.7 Å². The van der Waals surface area contributed by atoms with Gasteiger partial charge in [0.2, 0.25) is 0 Å². The summed E-state index contributed by atoms with van der Waals surface area (Å²) in [4.78, 5) is 0. The van der Waals surface area contributed by atoms with E-state index in [2.05, 4.69) is 250 Å². The minimum atomic E-state index is -1.41. The van der Waals surface area contributed by atoms with Crippen LogP contribution in [0.3, 0.4) is 0 Å². The van der Waals surface area contributed by atoms with Crippen LogP contribution < -0.4 is 5.46 Å². The number of hydrogen-bond acceptors (Lipinski definition) is 8. The molecule has 0 atom stereocenters. The smallest absolute Gasteiger partial charge is 0.456 e. The van der Waals surface area contributed by atoms with Crippen molar-refractivity contribution >= 4 is 231 Å². The molecule has 0 aliphatic heterocycles. The van der Waals surface area contributed by atoms with Crippen molar-refractivity contribution in [1.82, 2.24) is 9.13 Å². The number of fused-ring (bicyclic) bond motifs is 24. The van der Waals surface area contributed by atoms with E-state index < -0.39 is 7.12 Å². The van der Waals surface area contributed by atoms with Crippen LogP contribution in [0.25, 0.3) is 194 Å². The number of nitrogens with zero attached hydrogens (tertiary/aromatic N) is 2. The fourth-order valence-corrected chi connectivity index (χ4v) is 17.8. The number of para-hydroxylation sites is 6. The third-order valence-electron chi connectivity index (χ3n) is 19.2. The van der Waals surface area contributed by atoms with Gasteiger partial charge in [-0.2, -0.15) is 0 Å². The summed E-state index contributed by atoms with van der Waals surface area (Å²) in [5, 5.41) is 37.3. The van der Waals surface area contributed by atoms with Gasteiger partial charge in [0.05, 0.1) is 26.5 Å². The minimum Gasteiger partial charge on any atom is -0.456 e. The van der Waals surface area contributed by atoms with E-state index in [1.54, 1.807) is 17.4 Å². The van der Waals surface area contributed by atoms with Gasteiger partial charge in [0.1, 0.15) is 44.7 Å². The normalized spacial score (nSPS) is 12.0. The summed E-state index contributed by atoms with van der Waals surface area (Å²) in [6.07, 6.45) is 0. The summed E-state index contributed by atoms with van der Waals surface area (Å²) in [7, 11) is -1.41. The number of halogens is 1. The molecule has 0 saturated heterocycles. The van der Waals surface area contributed by atoms with Gasteiger partial charge in [0.15, 0.2) is 0 Å². The van der Waals surface area contributed by atoms with Gasteiger partial charge in [-0.3, -0.25) is 0 Å². The lowest BCUT2D eigenvalue weighted by Crippen LogP contribution is -2.29. The number of rotatable bonds is 4. The maximum atomic E-state index is 9.31. The fourth-order valence-electron chi connectivity index (χ4n) is 14.9. The van der Waals surface area contributed by atoms with E-state index in [9.17, 15) is 10.0 Å². The summed E-state index contributed by atoms with van der Waals surface area (Å²) < 4.78 is 35.9. The molecular formula is C84H48B2BrN2O6S2. The van der Waals surface area contributed by atoms with Crippen LogP contribution in [0.1, 0.15) is 0 Å². The van der Waals surface area contributed by atoms with Gasteiger partial charge in [-0.05, 0) is 118 Å². The van der Waals surface area contributed by atoms with Gasteiger partial charge in [-0.15, -0.1) is 22.7 Å². The summed E-state index contributed by atoms with van der Waals surface area (Å²) >= 11 is 7.05. The van der Waals surface area contributed by atoms with Gasteiger partial charge in [-0.1, -0.05) is 176 Å². The average molecular weight is 1350 g/mol. The summed E-state index contributed by atoms with van der Waals surface area (Å²) in [6, 6.07) is 97.5. The quantitative estimate of drug-likeness (QED) is 0.170. The third-order valence-corrected chi connectivity index (χ3v) is 22.3. The first-order chi connectivity index (χ1) is 47.3. The SMILES string of the molecule is Brc1cccc2c1oc1cc3oc4ccc(-n5c6ccccc6c6ccccc65)cc4c3cc12.OB(O)c1cccc2c1sc1ccccc12.[B].c1ccc2c(c1)sc1c(-c3cccc4c3oc3cc5oc6ccc(-n7c8ccccc8c8ccccc87)cc6c5cc34)cccc12. The highest BCUT2D eigenvalue weighted by molar-refractivity contribution is 9.10. The molecule has 97 heavy (non-hydrogen) atoms. The molecule has 0 unspecified atom stereocenters. The molecule has 3 radical (unpaired) electrons.